The molecule has 2 rings (SSSR count). The molecule has 0 aliphatic rings. The van der Waals surface area contributed by atoms with Gasteiger partial charge in [0.25, 0.3) is 0 Å². The summed E-state index contributed by atoms with van der Waals surface area (Å²) in [5, 5.41) is 0. The average molecular weight is 270 g/mol. The summed E-state index contributed by atoms with van der Waals surface area (Å²) in [7, 11) is 3.59. The summed E-state index contributed by atoms with van der Waals surface area (Å²) in [5.74, 6) is 0.787. The van der Waals surface area contributed by atoms with Gasteiger partial charge in [0.15, 0.2) is 5.78 Å². The number of benzene rings is 2. The number of nitrogen functional groups attached to an aromatic ring is 1. The van der Waals surface area contributed by atoms with E-state index in [0.717, 1.165) is 17.1 Å². The molecule has 104 valence electrons. The quantitative estimate of drug-likeness (QED) is 0.684. The average Bonchev–Trinajstić information content (AvgIpc) is 2.46. The molecule has 4 nitrogen and oxygen atoms in total. The number of carbonyl (C=O) groups is 1. The Morgan fingerprint density at radius 1 is 1.10 bits per heavy atom. The largest absolute Gasteiger partial charge is 0.497 e. The van der Waals surface area contributed by atoms with E-state index in [1.54, 1.807) is 19.2 Å². The van der Waals surface area contributed by atoms with Gasteiger partial charge in [-0.25, -0.2) is 0 Å². The van der Waals surface area contributed by atoms with Crippen molar-refractivity contribution in [1.29, 1.82) is 0 Å². The molecule has 0 saturated heterocycles. The summed E-state index contributed by atoms with van der Waals surface area (Å²) < 4.78 is 5.14. The van der Waals surface area contributed by atoms with Crippen LogP contribution in [-0.4, -0.2) is 19.9 Å². The Morgan fingerprint density at radius 2 is 1.70 bits per heavy atom. The minimum absolute atomic E-state index is 0.0267. The Hall–Kier alpha value is -2.49. The van der Waals surface area contributed by atoms with Crippen molar-refractivity contribution >= 4 is 22.8 Å². The zero-order valence-electron chi connectivity index (χ0n) is 11.9. The van der Waals surface area contributed by atoms with Gasteiger partial charge < -0.3 is 15.4 Å². The third-order valence-corrected chi connectivity index (χ3v) is 3.26. The number of anilines is 3. The maximum absolute atomic E-state index is 11.4. The van der Waals surface area contributed by atoms with Gasteiger partial charge in [0.05, 0.1) is 7.11 Å². The lowest BCUT2D eigenvalue weighted by Crippen LogP contribution is -2.10. The van der Waals surface area contributed by atoms with Crippen LogP contribution in [0, 0.1) is 0 Å². The van der Waals surface area contributed by atoms with Crippen LogP contribution in [0.4, 0.5) is 17.1 Å². The predicted molar refractivity (Wildman–Crippen MR) is 81.9 cm³/mol. The van der Waals surface area contributed by atoms with Gasteiger partial charge in [0.2, 0.25) is 0 Å². The molecule has 20 heavy (non-hydrogen) atoms. The molecule has 0 fully saturated rings. The molecule has 0 heterocycles. The lowest BCUT2D eigenvalue weighted by Gasteiger charge is -2.20. The van der Waals surface area contributed by atoms with Crippen molar-refractivity contribution in [2.45, 2.75) is 6.92 Å². The molecule has 0 atom stereocenters. The minimum atomic E-state index is -0.0267. The zero-order valence-corrected chi connectivity index (χ0v) is 11.9. The first kappa shape index (κ1) is 13.9. The van der Waals surface area contributed by atoms with Crippen LogP contribution >= 0.6 is 0 Å². The van der Waals surface area contributed by atoms with Crippen LogP contribution in [0.3, 0.4) is 0 Å². The van der Waals surface area contributed by atoms with Gasteiger partial charge in [-0.05, 0) is 49.4 Å². The van der Waals surface area contributed by atoms with E-state index in [4.69, 9.17) is 10.5 Å². The van der Waals surface area contributed by atoms with Crippen LogP contribution in [0.5, 0.6) is 5.75 Å². The number of ether oxygens (including phenoxy) is 1. The summed E-state index contributed by atoms with van der Waals surface area (Å²) in [4.78, 5) is 13.4. The van der Waals surface area contributed by atoms with E-state index < -0.39 is 0 Å². The topological polar surface area (TPSA) is 55.6 Å². The van der Waals surface area contributed by atoms with Crippen LogP contribution in [-0.2, 0) is 0 Å². The summed E-state index contributed by atoms with van der Waals surface area (Å²) in [5.41, 5.74) is 8.91. The lowest BCUT2D eigenvalue weighted by atomic mass is 10.1. The maximum Gasteiger partial charge on any atom is 0.161 e. The highest BCUT2D eigenvalue weighted by molar-refractivity contribution is 5.99. The molecule has 0 radical (unpaired) electrons. The molecule has 0 saturated carbocycles. The van der Waals surface area contributed by atoms with E-state index in [-0.39, 0.29) is 5.78 Å². The van der Waals surface area contributed by atoms with Crippen molar-refractivity contribution < 1.29 is 9.53 Å². The van der Waals surface area contributed by atoms with E-state index in [0.29, 0.717) is 11.3 Å². The van der Waals surface area contributed by atoms with E-state index in [1.807, 2.05) is 42.3 Å². The number of rotatable bonds is 4. The molecular weight excluding hydrogens is 252 g/mol. The first-order chi connectivity index (χ1) is 9.52. The van der Waals surface area contributed by atoms with Gasteiger partial charge in [0, 0.05) is 29.7 Å². The van der Waals surface area contributed by atoms with Gasteiger partial charge in [-0.1, -0.05) is 0 Å². The summed E-state index contributed by atoms with van der Waals surface area (Å²) in [6, 6.07) is 13.2. The first-order valence-electron chi connectivity index (χ1n) is 6.31. The Kier molecular flexibility index (Phi) is 3.94. The highest BCUT2D eigenvalue weighted by atomic mass is 16.5. The van der Waals surface area contributed by atoms with E-state index in [2.05, 4.69) is 0 Å². The van der Waals surface area contributed by atoms with Crippen molar-refractivity contribution in [3.05, 3.63) is 48.0 Å². The fourth-order valence-corrected chi connectivity index (χ4v) is 2.03. The fraction of sp³-hybridized carbons (Fsp3) is 0.188. The Bertz CT molecular complexity index is 621. The summed E-state index contributed by atoms with van der Waals surface area (Å²) in [6.07, 6.45) is 0. The zero-order chi connectivity index (χ0) is 14.7. The Balaban J connectivity index is 2.30. The van der Waals surface area contributed by atoms with Gasteiger partial charge in [0.1, 0.15) is 5.75 Å². The molecule has 2 N–H and O–H groups in total. The molecule has 0 aliphatic carbocycles. The summed E-state index contributed by atoms with van der Waals surface area (Å²) in [6.45, 7) is 1.51. The number of nitrogens with zero attached hydrogens (tertiary/aromatic N) is 1. The van der Waals surface area contributed by atoms with Crippen molar-refractivity contribution in [2.24, 2.45) is 0 Å². The highest BCUT2D eigenvalue weighted by Gasteiger charge is 2.09. The second kappa shape index (κ2) is 5.65. The number of ketones is 1. The molecule has 0 spiro atoms. The second-order valence-corrected chi connectivity index (χ2v) is 4.58. The third-order valence-electron chi connectivity index (χ3n) is 3.26. The molecule has 2 aromatic carbocycles. The lowest BCUT2D eigenvalue weighted by molar-refractivity contribution is 0.101. The van der Waals surface area contributed by atoms with Crippen LogP contribution in [0.25, 0.3) is 0 Å². The fourth-order valence-electron chi connectivity index (χ4n) is 2.03. The van der Waals surface area contributed by atoms with Crippen molar-refractivity contribution in [3.63, 3.8) is 0 Å². The van der Waals surface area contributed by atoms with Gasteiger partial charge in [-0.2, -0.15) is 0 Å². The van der Waals surface area contributed by atoms with Crippen LogP contribution in [0.15, 0.2) is 42.5 Å². The predicted octanol–water partition coefficient (Wildman–Crippen LogP) is 3.25. The van der Waals surface area contributed by atoms with Crippen LogP contribution in [0.1, 0.15) is 17.3 Å². The highest BCUT2D eigenvalue weighted by Crippen LogP contribution is 2.28. The molecule has 2 aromatic rings. The van der Waals surface area contributed by atoms with Crippen LogP contribution in [0.2, 0.25) is 0 Å². The molecule has 0 aromatic heterocycles. The third kappa shape index (κ3) is 2.74. The SMILES string of the molecule is COc1ccc(N(C)c2ccc(C(C)=O)c(N)c2)cc1. The Morgan fingerprint density at radius 3 is 2.20 bits per heavy atom. The minimum Gasteiger partial charge on any atom is -0.497 e. The number of nitrogens with two attached hydrogens (primary N) is 1. The van der Waals surface area contributed by atoms with Crippen molar-refractivity contribution in [1.82, 2.24) is 0 Å². The molecule has 0 aliphatic heterocycles. The molecular formula is C16H18N2O2. The maximum atomic E-state index is 11.4. The van der Waals surface area contributed by atoms with Gasteiger partial charge in [-0.15, -0.1) is 0 Å². The smallest absolute Gasteiger partial charge is 0.161 e. The standard InChI is InChI=1S/C16H18N2O2/c1-11(19)15-9-6-13(10-16(15)17)18(2)12-4-7-14(20-3)8-5-12/h4-10H,17H2,1-3H3. The second-order valence-electron chi connectivity index (χ2n) is 4.58. The van der Waals surface area contributed by atoms with Crippen molar-refractivity contribution in [3.8, 4) is 5.75 Å². The van der Waals surface area contributed by atoms with Crippen LogP contribution < -0.4 is 15.4 Å². The van der Waals surface area contributed by atoms with E-state index >= 15 is 0 Å². The van der Waals surface area contributed by atoms with Crippen molar-refractivity contribution in [2.75, 3.05) is 24.8 Å². The number of hydrogen-bond acceptors (Lipinski definition) is 4. The molecule has 0 unspecified atom stereocenters. The van der Waals surface area contributed by atoms with Gasteiger partial charge in [-0.3, -0.25) is 4.79 Å². The first-order valence-corrected chi connectivity index (χ1v) is 6.31. The van der Waals surface area contributed by atoms with Gasteiger partial charge >= 0.3 is 0 Å². The normalized spacial score (nSPS) is 10.2. The number of methoxy groups -OCH3 is 1. The number of Topliss-reactive ketones (excluding diaryl/α,β-unsaturated/α-hetero) is 1. The monoisotopic (exact) mass is 270 g/mol. The number of carbonyl (C=O) groups excluding carboxylic acids is 1. The molecule has 0 amide bonds. The Labute approximate surface area is 118 Å². The molecule has 0 bridgehead atoms. The summed E-state index contributed by atoms with van der Waals surface area (Å²) >= 11 is 0. The van der Waals surface area contributed by atoms with E-state index in [9.17, 15) is 4.79 Å². The molecule has 4 heteroatoms. The van der Waals surface area contributed by atoms with E-state index in [1.165, 1.54) is 6.92 Å². The number of hydrogen-bond donors (Lipinski definition) is 1.